The molecule has 0 aliphatic heterocycles. The SMILES string of the molecule is Cc1ccc(S(=O)(=O)NC(=O)c2ccccc2C(=O)Cc2ccccc2)cc1. The minimum atomic E-state index is -4.04. The lowest BCUT2D eigenvalue weighted by molar-refractivity contribution is 0.0953. The van der Waals surface area contributed by atoms with Gasteiger partial charge in [-0.25, -0.2) is 13.1 Å². The number of Topliss-reactive ketones (excluding diaryl/α,β-unsaturated/α-hetero) is 1. The Balaban J connectivity index is 1.84. The quantitative estimate of drug-likeness (QED) is 0.650. The Kier molecular flexibility index (Phi) is 5.70. The summed E-state index contributed by atoms with van der Waals surface area (Å²) in [5, 5.41) is 0. The Morgan fingerprint density at radius 3 is 2.00 bits per heavy atom. The van der Waals surface area contributed by atoms with Crippen LogP contribution in [0.5, 0.6) is 0 Å². The Hall–Kier alpha value is -3.25. The Labute approximate surface area is 164 Å². The molecule has 0 aromatic heterocycles. The fraction of sp³-hybridized carbons (Fsp3) is 0.0909. The van der Waals surface area contributed by atoms with Gasteiger partial charge in [0.1, 0.15) is 0 Å². The summed E-state index contributed by atoms with van der Waals surface area (Å²) < 4.78 is 27.0. The molecule has 1 N–H and O–H groups in total. The molecule has 142 valence electrons. The van der Waals surface area contributed by atoms with E-state index in [0.29, 0.717) is 0 Å². The van der Waals surface area contributed by atoms with Gasteiger partial charge in [-0.05, 0) is 30.7 Å². The molecule has 0 aliphatic rings. The highest BCUT2D eigenvalue weighted by atomic mass is 32.2. The van der Waals surface area contributed by atoms with Crippen LogP contribution in [0.15, 0.2) is 83.8 Å². The standard InChI is InChI=1S/C22H19NO4S/c1-16-11-13-18(14-12-16)28(26,27)23-22(25)20-10-6-5-9-19(20)21(24)15-17-7-3-2-4-8-17/h2-14H,15H2,1H3,(H,23,25). The summed E-state index contributed by atoms with van der Waals surface area (Å²) in [4.78, 5) is 25.3. The van der Waals surface area contributed by atoms with Gasteiger partial charge < -0.3 is 0 Å². The van der Waals surface area contributed by atoms with Crippen molar-refractivity contribution >= 4 is 21.7 Å². The molecule has 0 unspecified atom stereocenters. The van der Waals surface area contributed by atoms with Gasteiger partial charge in [0, 0.05) is 12.0 Å². The van der Waals surface area contributed by atoms with Crippen LogP contribution in [-0.4, -0.2) is 20.1 Å². The highest BCUT2D eigenvalue weighted by molar-refractivity contribution is 7.90. The van der Waals surface area contributed by atoms with Crippen molar-refractivity contribution in [3.05, 3.63) is 101 Å². The maximum absolute atomic E-state index is 12.7. The highest BCUT2D eigenvalue weighted by Gasteiger charge is 2.22. The summed E-state index contributed by atoms with van der Waals surface area (Å²) in [6, 6.07) is 21.5. The maximum atomic E-state index is 12.7. The number of amides is 1. The molecule has 0 aliphatic carbocycles. The molecule has 3 rings (SSSR count). The molecule has 3 aromatic carbocycles. The Morgan fingerprint density at radius 1 is 0.786 bits per heavy atom. The van der Waals surface area contributed by atoms with E-state index in [9.17, 15) is 18.0 Å². The van der Waals surface area contributed by atoms with Crippen LogP contribution in [0.3, 0.4) is 0 Å². The number of benzene rings is 3. The van der Waals surface area contributed by atoms with Gasteiger partial charge in [0.15, 0.2) is 5.78 Å². The number of hydrogen-bond acceptors (Lipinski definition) is 4. The average Bonchev–Trinajstić information content (AvgIpc) is 2.68. The second-order valence-electron chi connectivity index (χ2n) is 6.38. The fourth-order valence-corrected chi connectivity index (χ4v) is 3.72. The van der Waals surface area contributed by atoms with Gasteiger partial charge in [-0.15, -0.1) is 0 Å². The molecule has 0 heterocycles. The van der Waals surface area contributed by atoms with Gasteiger partial charge in [-0.1, -0.05) is 66.2 Å². The van der Waals surface area contributed by atoms with Crippen molar-refractivity contribution < 1.29 is 18.0 Å². The molecule has 0 spiro atoms. The van der Waals surface area contributed by atoms with Gasteiger partial charge in [0.2, 0.25) is 0 Å². The number of ketones is 1. The summed E-state index contributed by atoms with van der Waals surface area (Å²) in [6.45, 7) is 1.84. The number of rotatable bonds is 6. The van der Waals surface area contributed by atoms with Gasteiger partial charge in [0.25, 0.3) is 15.9 Å². The number of nitrogens with one attached hydrogen (secondary N) is 1. The third kappa shape index (κ3) is 4.53. The molecule has 0 radical (unpaired) electrons. The number of carbonyl (C=O) groups excluding carboxylic acids is 2. The van der Waals surface area contributed by atoms with Crippen molar-refractivity contribution in [2.75, 3.05) is 0 Å². The van der Waals surface area contributed by atoms with Crippen LogP contribution in [0.2, 0.25) is 0 Å². The van der Waals surface area contributed by atoms with Gasteiger partial charge in [0.05, 0.1) is 10.5 Å². The third-order valence-electron chi connectivity index (χ3n) is 4.24. The number of sulfonamides is 1. The Morgan fingerprint density at radius 2 is 1.36 bits per heavy atom. The van der Waals surface area contributed by atoms with Crippen LogP contribution in [0.4, 0.5) is 0 Å². The maximum Gasteiger partial charge on any atom is 0.265 e. The molecule has 0 fully saturated rings. The lowest BCUT2D eigenvalue weighted by atomic mass is 9.98. The molecule has 5 nitrogen and oxygen atoms in total. The second-order valence-corrected chi connectivity index (χ2v) is 8.06. The average molecular weight is 393 g/mol. The zero-order chi connectivity index (χ0) is 20.1. The normalized spacial score (nSPS) is 11.0. The number of aryl methyl sites for hydroxylation is 1. The lowest BCUT2D eigenvalue weighted by Crippen LogP contribution is -2.31. The van der Waals surface area contributed by atoms with Gasteiger partial charge in [-0.2, -0.15) is 0 Å². The number of hydrogen-bond donors (Lipinski definition) is 1. The molecule has 0 atom stereocenters. The molecular weight excluding hydrogens is 374 g/mol. The van der Waals surface area contributed by atoms with Crippen molar-refractivity contribution in [2.24, 2.45) is 0 Å². The van der Waals surface area contributed by atoms with Crippen molar-refractivity contribution in [1.29, 1.82) is 0 Å². The molecular formula is C22H19NO4S. The van der Waals surface area contributed by atoms with Crippen molar-refractivity contribution in [3.63, 3.8) is 0 Å². The lowest BCUT2D eigenvalue weighted by Gasteiger charge is -2.10. The van der Waals surface area contributed by atoms with Crippen LogP contribution in [0, 0.1) is 6.92 Å². The van der Waals surface area contributed by atoms with Gasteiger partial charge in [-0.3, -0.25) is 9.59 Å². The monoisotopic (exact) mass is 393 g/mol. The van der Waals surface area contributed by atoms with Crippen LogP contribution in [0.1, 0.15) is 31.8 Å². The predicted molar refractivity (Wildman–Crippen MR) is 107 cm³/mol. The molecule has 28 heavy (non-hydrogen) atoms. The Bertz CT molecular complexity index is 1100. The van der Waals surface area contributed by atoms with E-state index in [1.165, 1.54) is 24.3 Å². The van der Waals surface area contributed by atoms with E-state index < -0.39 is 15.9 Å². The summed E-state index contributed by atoms with van der Waals surface area (Å²) in [7, 11) is -4.04. The summed E-state index contributed by atoms with van der Waals surface area (Å²) in [5.41, 5.74) is 1.93. The highest BCUT2D eigenvalue weighted by Crippen LogP contribution is 2.15. The number of carbonyl (C=O) groups is 2. The fourth-order valence-electron chi connectivity index (χ4n) is 2.75. The second kappa shape index (κ2) is 8.19. The largest absolute Gasteiger partial charge is 0.294 e. The zero-order valence-electron chi connectivity index (χ0n) is 15.3. The molecule has 6 heteroatoms. The first-order chi connectivity index (χ1) is 13.4. The molecule has 3 aromatic rings. The van der Waals surface area contributed by atoms with Gasteiger partial charge >= 0.3 is 0 Å². The predicted octanol–water partition coefficient (Wildman–Crippen LogP) is 3.54. The van der Waals surface area contributed by atoms with Crippen molar-refractivity contribution in [3.8, 4) is 0 Å². The zero-order valence-corrected chi connectivity index (χ0v) is 16.1. The van der Waals surface area contributed by atoms with Crippen molar-refractivity contribution in [2.45, 2.75) is 18.2 Å². The van der Waals surface area contributed by atoms with E-state index >= 15 is 0 Å². The van der Waals surface area contributed by atoms with E-state index in [0.717, 1.165) is 11.1 Å². The van der Waals surface area contributed by atoms with E-state index in [-0.39, 0.29) is 28.2 Å². The van der Waals surface area contributed by atoms with Crippen LogP contribution in [0.25, 0.3) is 0 Å². The summed E-state index contributed by atoms with van der Waals surface area (Å²) >= 11 is 0. The third-order valence-corrected chi connectivity index (χ3v) is 5.58. The van der Waals surface area contributed by atoms with E-state index in [4.69, 9.17) is 0 Å². The van der Waals surface area contributed by atoms with Crippen LogP contribution >= 0.6 is 0 Å². The first kappa shape index (κ1) is 19.5. The minimum absolute atomic E-state index is 0.0143. The minimum Gasteiger partial charge on any atom is -0.294 e. The summed E-state index contributed by atoms with van der Waals surface area (Å²) in [5.74, 6) is -1.10. The first-order valence-corrected chi connectivity index (χ1v) is 10.1. The van der Waals surface area contributed by atoms with Crippen LogP contribution < -0.4 is 4.72 Å². The molecule has 0 bridgehead atoms. The summed E-state index contributed by atoms with van der Waals surface area (Å²) in [6.07, 6.45) is 0.121. The van der Waals surface area contributed by atoms with E-state index in [1.54, 1.807) is 24.3 Å². The molecule has 0 saturated carbocycles. The topological polar surface area (TPSA) is 80.3 Å². The molecule has 0 saturated heterocycles. The van der Waals surface area contributed by atoms with E-state index in [1.807, 2.05) is 42.0 Å². The first-order valence-electron chi connectivity index (χ1n) is 8.67. The van der Waals surface area contributed by atoms with Crippen molar-refractivity contribution in [1.82, 2.24) is 4.72 Å². The van der Waals surface area contributed by atoms with E-state index in [2.05, 4.69) is 0 Å². The molecule has 1 amide bonds. The van der Waals surface area contributed by atoms with Crippen LogP contribution in [-0.2, 0) is 16.4 Å². The smallest absolute Gasteiger partial charge is 0.265 e.